The van der Waals surface area contributed by atoms with Gasteiger partial charge in [0.05, 0.1) is 23.6 Å². The third kappa shape index (κ3) is 9.14. The van der Waals surface area contributed by atoms with Crippen molar-refractivity contribution in [1.29, 1.82) is 0 Å². The number of aliphatic hydroxyl groups is 1. The lowest BCUT2D eigenvalue weighted by molar-refractivity contribution is -0.295. The molecule has 50 heavy (non-hydrogen) atoms. The maximum absolute atomic E-state index is 14.5. The van der Waals surface area contributed by atoms with Gasteiger partial charge in [-0.3, -0.25) is 9.59 Å². The molecule has 0 bridgehead atoms. The minimum atomic E-state index is -3.59. The van der Waals surface area contributed by atoms with Crippen molar-refractivity contribution in [3.63, 3.8) is 0 Å². The highest BCUT2D eigenvalue weighted by Gasteiger charge is 2.53. The number of piperidine rings is 1. The number of ketones is 1. The summed E-state index contributed by atoms with van der Waals surface area (Å²) >= 11 is 0. The van der Waals surface area contributed by atoms with E-state index in [2.05, 4.69) is 11.8 Å². The molecule has 1 N–H and O–H groups in total. The fraction of sp³-hybridized carbons (Fsp3) is 0.784. The van der Waals surface area contributed by atoms with Crippen LogP contribution in [0.15, 0.2) is 30.3 Å². The second-order valence-corrected chi connectivity index (χ2v) is 18.1. The van der Waals surface area contributed by atoms with Gasteiger partial charge in [-0.15, -0.1) is 0 Å². The third-order valence-corrected chi connectivity index (χ3v) is 12.9. The van der Waals surface area contributed by atoms with E-state index in [1.54, 1.807) is 40.0 Å². The van der Waals surface area contributed by atoms with Crippen LogP contribution in [0.5, 0.6) is 0 Å². The second kappa shape index (κ2) is 16.0. The Morgan fingerprint density at radius 1 is 1.04 bits per heavy atom. The number of methoxy groups -OCH3 is 1. The molecule has 1 aromatic carbocycles. The molecular formula is C37H61N3O9S. The predicted octanol–water partition coefficient (Wildman–Crippen LogP) is 3.31. The summed E-state index contributed by atoms with van der Waals surface area (Å²) in [4.78, 5) is 32.7. The zero-order chi connectivity index (χ0) is 37.2. The van der Waals surface area contributed by atoms with Gasteiger partial charge in [0.25, 0.3) is 0 Å². The summed E-state index contributed by atoms with van der Waals surface area (Å²) in [5.41, 5.74) is -2.83. The smallest absolute Gasteiger partial charge is 0.319 e. The number of hydrogen-bond donors (Lipinski definition) is 1. The molecule has 3 fully saturated rings. The van der Waals surface area contributed by atoms with Gasteiger partial charge in [-0.25, -0.2) is 12.7 Å². The number of rotatable bonds is 7. The first-order valence-electron chi connectivity index (χ1n) is 17.9. The van der Waals surface area contributed by atoms with Crippen molar-refractivity contribution < 1.29 is 42.1 Å². The fourth-order valence-electron chi connectivity index (χ4n) is 8.22. The number of likely N-dealkylation sites (N-methyl/N-ethyl adjacent to an activating group) is 2. The van der Waals surface area contributed by atoms with E-state index in [1.165, 1.54) is 4.31 Å². The lowest BCUT2D eigenvalue weighted by Crippen LogP contribution is -2.59. The van der Waals surface area contributed by atoms with Crippen molar-refractivity contribution >= 4 is 21.8 Å². The number of sulfonamides is 1. The van der Waals surface area contributed by atoms with Gasteiger partial charge < -0.3 is 33.9 Å². The molecule has 8 atom stereocenters. The number of benzene rings is 1. The van der Waals surface area contributed by atoms with E-state index in [1.807, 2.05) is 58.1 Å². The average Bonchev–Trinajstić information content (AvgIpc) is 3.03. The Morgan fingerprint density at radius 3 is 2.24 bits per heavy atom. The summed E-state index contributed by atoms with van der Waals surface area (Å²) in [6.07, 6.45) is -1.33. The molecule has 0 saturated carbocycles. The van der Waals surface area contributed by atoms with Gasteiger partial charge in [0.2, 0.25) is 10.0 Å². The summed E-state index contributed by atoms with van der Waals surface area (Å²) < 4.78 is 53.6. The Bertz CT molecular complexity index is 1420. The normalized spacial score (nSPS) is 35.2. The number of hydrogen-bond acceptors (Lipinski definition) is 11. The minimum Gasteiger partial charge on any atom is -0.457 e. The number of carbonyl (C=O) groups excluding carboxylic acids is 2. The number of esters is 1. The van der Waals surface area contributed by atoms with Crippen molar-refractivity contribution in [3.8, 4) is 0 Å². The molecule has 1 spiro atoms. The van der Waals surface area contributed by atoms with Crippen molar-refractivity contribution in [3.05, 3.63) is 35.9 Å². The molecular weight excluding hydrogens is 662 g/mol. The molecule has 0 amide bonds. The number of nitrogens with zero attached hydrogens (tertiary/aromatic N) is 3. The molecule has 3 saturated heterocycles. The molecule has 1 aromatic rings. The SMILES string of the molecule is CO[C@]1(C)C[C@@H](C)CN(C)CC2(CCN(S(=O)(=O)Cc3ccccc3)CC2)OC(=O)C(C)(C)C(=O)[C@H](C)[C@H]1O[C@@H]1O[C@H](C)C[C@H](N(C)C)[C@H]1O. The number of Topliss-reactive ketones (excluding diaryl/α,β-unsaturated/α-hetero) is 1. The van der Waals surface area contributed by atoms with E-state index in [0.717, 1.165) is 0 Å². The Labute approximate surface area is 299 Å². The monoisotopic (exact) mass is 723 g/mol. The maximum atomic E-state index is 14.5. The summed E-state index contributed by atoms with van der Waals surface area (Å²) in [6.45, 7) is 12.2. The fourth-order valence-corrected chi connectivity index (χ4v) is 9.76. The number of aliphatic hydroxyl groups excluding tert-OH is 1. The molecule has 3 heterocycles. The van der Waals surface area contributed by atoms with E-state index in [0.29, 0.717) is 44.3 Å². The van der Waals surface area contributed by atoms with Gasteiger partial charge in [0.15, 0.2) is 12.1 Å². The zero-order valence-corrected chi connectivity index (χ0v) is 32.6. The van der Waals surface area contributed by atoms with Crippen LogP contribution in [0.3, 0.4) is 0 Å². The van der Waals surface area contributed by atoms with Gasteiger partial charge >= 0.3 is 5.97 Å². The van der Waals surface area contributed by atoms with Crippen LogP contribution in [0.4, 0.5) is 0 Å². The van der Waals surface area contributed by atoms with Gasteiger partial charge in [-0.05, 0) is 73.2 Å². The number of ether oxygens (including phenoxy) is 4. The summed E-state index contributed by atoms with van der Waals surface area (Å²) in [6, 6.07) is 8.87. The molecule has 3 aliphatic heterocycles. The lowest BCUT2D eigenvalue weighted by atomic mass is 9.74. The summed E-state index contributed by atoms with van der Waals surface area (Å²) in [5, 5.41) is 11.4. The van der Waals surface area contributed by atoms with Crippen molar-refractivity contribution in [2.24, 2.45) is 17.3 Å². The first kappa shape index (κ1) is 40.8. The Hall–Kier alpha value is -1.97. The van der Waals surface area contributed by atoms with E-state index in [9.17, 15) is 23.1 Å². The Balaban J connectivity index is 1.63. The largest absolute Gasteiger partial charge is 0.457 e. The Morgan fingerprint density at radius 2 is 1.66 bits per heavy atom. The van der Waals surface area contributed by atoms with E-state index >= 15 is 0 Å². The summed E-state index contributed by atoms with van der Waals surface area (Å²) in [7, 11) is 3.78. The van der Waals surface area contributed by atoms with E-state index in [4.69, 9.17) is 18.9 Å². The highest BCUT2D eigenvalue weighted by molar-refractivity contribution is 7.88. The highest BCUT2D eigenvalue weighted by Crippen LogP contribution is 2.40. The van der Waals surface area contributed by atoms with Gasteiger partial charge in [-0.2, -0.15) is 0 Å². The van der Waals surface area contributed by atoms with E-state index < -0.39 is 57.0 Å². The van der Waals surface area contributed by atoms with Gasteiger partial charge in [-0.1, -0.05) is 44.2 Å². The first-order chi connectivity index (χ1) is 23.2. The molecule has 0 aromatic heterocycles. The zero-order valence-electron chi connectivity index (χ0n) is 31.8. The van der Waals surface area contributed by atoms with Crippen LogP contribution >= 0.6 is 0 Å². The van der Waals surface area contributed by atoms with Crippen LogP contribution in [0.2, 0.25) is 0 Å². The lowest BCUT2D eigenvalue weighted by Gasteiger charge is -2.47. The van der Waals surface area contributed by atoms with Crippen LogP contribution in [0, 0.1) is 17.3 Å². The highest BCUT2D eigenvalue weighted by atomic mass is 32.2. The second-order valence-electron chi connectivity index (χ2n) is 16.1. The molecule has 0 aliphatic carbocycles. The average molecular weight is 724 g/mol. The predicted molar refractivity (Wildman–Crippen MR) is 191 cm³/mol. The molecule has 12 nitrogen and oxygen atoms in total. The van der Waals surface area contributed by atoms with Gasteiger partial charge in [0.1, 0.15) is 17.1 Å². The van der Waals surface area contributed by atoms with Crippen molar-refractivity contribution in [1.82, 2.24) is 14.1 Å². The van der Waals surface area contributed by atoms with Crippen LogP contribution in [-0.2, 0) is 44.3 Å². The topological polar surface area (TPSA) is 135 Å². The maximum Gasteiger partial charge on any atom is 0.319 e. The van der Waals surface area contributed by atoms with Crippen LogP contribution < -0.4 is 0 Å². The molecule has 0 unspecified atom stereocenters. The summed E-state index contributed by atoms with van der Waals surface area (Å²) in [5.74, 6) is -1.94. The van der Waals surface area contributed by atoms with Crippen LogP contribution in [-0.4, -0.2) is 136 Å². The van der Waals surface area contributed by atoms with Crippen molar-refractivity contribution in [2.75, 3.05) is 54.4 Å². The molecule has 284 valence electrons. The molecule has 0 radical (unpaired) electrons. The molecule has 3 aliphatic rings. The van der Waals surface area contributed by atoms with Crippen LogP contribution in [0.25, 0.3) is 0 Å². The van der Waals surface area contributed by atoms with Crippen LogP contribution in [0.1, 0.15) is 72.8 Å². The van der Waals surface area contributed by atoms with Crippen molar-refractivity contribution in [2.45, 2.75) is 115 Å². The number of carbonyl (C=O) groups is 2. The molecule has 13 heteroatoms. The standard InChI is InChI=1S/C37H61N3O9S/c1-25-21-36(6,46-10)32(48-33-30(41)29(38(7)8)20-26(2)47-33)27(3)31(42)35(4,5)34(43)49-37(24-39(9)22-25)16-18-40(19-17-37)50(44,45)23-28-14-12-11-13-15-28/h11-15,25-27,29-30,32-33,41H,16-24H2,1-10H3/t25-,26-,27+,29+,30-,32-,33+,36-/m1/s1. The van der Waals surface area contributed by atoms with E-state index in [-0.39, 0.29) is 42.7 Å². The first-order valence-corrected chi connectivity index (χ1v) is 19.5. The third-order valence-electron chi connectivity index (χ3n) is 11.1. The quantitative estimate of drug-likeness (QED) is 0.328. The van der Waals surface area contributed by atoms with Gasteiger partial charge in [0, 0.05) is 58.1 Å². The minimum absolute atomic E-state index is 0.0526. The molecule has 4 rings (SSSR count). The Kier molecular flexibility index (Phi) is 13.0.